The smallest absolute Gasteiger partial charge is 0.136 e. The summed E-state index contributed by atoms with van der Waals surface area (Å²) < 4.78 is 6.36. The summed E-state index contributed by atoms with van der Waals surface area (Å²) in [6.45, 7) is 0. The molecule has 39 heavy (non-hydrogen) atoms. The van der Waals surface area contributed by atoms with Gasteiger partial charge in [-0.1, -0.05) is 127 Å². The van der Waals surface area contributed by atoms with Crippen molar-refractivity contribution in [2.75, 3.05) is 0 Å². The second-order valence-electron chi connectivity index (χ2n) is 10.0. The first-order valence-electron chi connectivity index (χ1n) is 13.4. The van der Waals surface area contributed by atoms with E-state index >= 15 is 0 Å². The van der Waals surface area contributed by atoms with Crippen molar-refractivity contribution < 1.29 is 4.42 Å². The number of fused-ring (bicyclic) bond motifs is 5. The van der Waals surface area contributed by atoms with Crippen LogP contribution in [0.3, 0.4) is 0 Å². The lowest BCUT2D eigenvalue weighted by molar-refractivity contribution is 0.669. The molecule has 0 spiro atoms. The Morgan fingerprint density at radius 3 is 1.36 bits per heavy atom. The maximum atomic E-state index is 6.36. The lowest BCUT2D eigenvalue weighted by Crippen LogP contribution is -1.93. The van der Waals surface area contributed by atoms with Gasteiger partial charge < -0.3 is 4.42 Å². The van der Waals surface area contributed by atoms with Gasteiger partial charge in [0.25, 0.3) is 0 Å². The van der Waals surface area contributed by atoms with Crippen molar-refractivity contribution in [3.05, 3.63) is 146 Å². The average Bonchev–Trinajstić information content (AvgIpc) is 3.39. The Bertz CT molecular complexity index is 2090. The molecule has 0 N–H and O–H groups in total. The summed E-state index contributed by atoms with van der Waals surface area (Å²) in [5.74, 6) is 0. The van der Waals surface area contributed by atoms with Gasteiger partial charge in [0, 0.05) is 16.3 Å². The summed E-state index contributed by atoms with van der Waals surface area (Å²) in [4.78, 5) is 0. The minimum Gasteiger partial charge on any atom is -0.456 e. The fraction of sp³-hybridized carbons (Fsp3) is 0. The third-order valence-electron chi connectivity index (χ3n) is 7.87. The molecule has 0 fully saturated rings. The van der Waals surface area contributed by atoms with Crippen molar-refractivity contribution in [1.82, 2.24) is 0 Å². The van der Waals surface area contributed by atoms with Crippen molar-refractivity contribution >= 4 is 43.5 Å². The third-order valence-corrected chi connectivity index (χ3v) is 7.87. The Kier molecular flexibility index (Phi) is 4.89. The van der Waals surface area contributed by atoms with E-state index in [9.17, 15) is 0 Å². The summed E-state index contributed by atoms with van der Waals surface area (Å²) in [6.07, 6.45) is 0. The SMILES string of the molecule is c1ccc(-c2c3ccccc3c(-c3ccc4oc5ccccc5c4c3-c3ccccc3)c3ccccc23)cc1. The van der Waals surface area contributed by atoms with E-state index in [0.29, 0.717) is 0 Å². The highest BCUT2D eigenvalue weighted by Gasteiger charge is 2.22. The minimum absolute atomic E-state index is 0.910. The molecule has 1 aromatic heterocycles. The Balaban J connectivity index is 1.59. The first-order valence-corrected chi connectivity index (χ1v) is 13.4. The van der Waals surface area contributed by atoms with Crippen LogP contribution in [-0.2, 0) is 0 Å². The van der Waals surface area contributed by atoms with Crippen molar-refractivity contribution in [3.63, 3.8) is 0 Å². The topological polar surface area (TPSA) is 13.1 Å². The van der Waals surface area contributed by atoms with Crippen molar-refractivity contribution in [2.45, 2.75) is 0 Å². The molecule has 0 saturated heterocycles. The highest BCUT2D eigenvalue weighted by atomic mass is 16.3. The van der Waals surface area contributed by atoms with Crippen LogP contribution in [0, 0.1) is 0 Å². The van der Waals surface area contributed by atoms with Gasteiger partial charge in [-0.25, -0.2) is 0 Å². The summed E-state index contributed by atoms with van der Waals surface area (Å²) in [7, 11) is 0. The van der Waals surface area contributed by atoms with Crippen LogP contribution in [0.15, 0.2) is 150 Å². The molecular weight excluding hydrogens is 472 g/mol. The average molecular weight is 497 g/mol. The zero-order chi connectivity index (χ0) is 25.8. The van der Waals surface area contributed by atoms with Gasteiger partial charge in [-0.3, -0.25) is 0 Å². The Morgan fingerprint density at radius 2 is 0.769 bits per heavy atom. The van der Waals surface area contributed by atoms with Gasteiger partial charge in [-0.15, -0.1) is 0 Å². The summed E-state index contributed by atoms with van der Waals surface area (Å²) in [6, 6.07) is 52.0. The molecule has 0 bridgehead atoms. The molecule has 1 nitrogen and oxygen atoms in total. The first kappa shape index (κ1) is 21.9. The zero-order valence-electron chi connectivity index (χ0n) is 21.3. The predicted molar refractivity (Wildman–Crippen MR) is 165 cm³/mol. The fourth-order valence-corrected chi connectivity index (χ4v) is 6.26. The lowest BCUT2D eigenvalue weighted by Gasteiger charge is -2.20. The van der Waals surface area contributed by atoms with Gasteiger partial charge in [0.1, 0.15) is 11.2 Å². The summed E-state index contributed by atoms with van der Waals surface area (Å²) >= 11 is 0. The second-order valence-corrected chi connectivity index (χ2v) is 10.0. The van der Waals surface area contributed by atoms with E-state index in [0.717, 1.165) is 21.9 Å². The molecule has 0 aliphatic rings. The summed E-state index contributed by atoms with van der Waals surface area (Å²) in [5.41, 5.74) is 9.20. The molecule has 0 unspecified atom stereocenters. The molecule has 8 aromatic rings. The number of furan rings is 1. The van der Waals surface area contributed by atoms with Crippen LogP contribution in [0.5, 0.6) is 0 Å². The first-order chi connectivity index (χ1) is 19.4. The normalized spacial score (nSPS) is 11.6. The molecule has 8 rings (SSSR count). The third kappa shape index (κ3) is 3.34. The molecule has 7 aromatic carbocycles. The van der Waals surface area contributed by atoms with Crippen LogP contribution in [0.4, 0.5) is 0 Å². The van der Waals surface area contributed by atoms with Gasteiger partial charge in [0.05, 0.1) is 0 Å². The van der Waals surface area contributed by atoms with Crippen LogP contribution in [0.2, 0.25) is 0 Å². The van der Waals surface area contributed by atoms with E-state index in [-0.39, 0.29) is 0 Å². The molecule has 0 amide bonds. The zero-order valence-corrected chi connectivity index (χ0v) is 21.3. The molecule has 0 aliphatic heterocycles. The number of hydrogen-bond acceptors (Lipinski definition) is 1. The molecule has 0 aliphatic carbocycles. The van der Waals surface area contributed by atoms with Gasteiger partial charge in [-0.2, -0.15) is 0 Å². The van der Waals surface area contributed by atoms with Crippen LogP contribution < -0.4 is 0 Å². The molecular formula is C38H24O. The van der Waals surface area contributed by atoms with Gasteiger partial charge in [0.15, 0.2) is 0 Å². The van der Waals surface area contributed by atoms with Crippen LogP contribution >= 0.6 is 0 Å². The maximum Gasteiger partial charge on any atom is 0.136 e. The molecule has 182 valence electrons. The highest BCUT2D eigenvalue weighted by molar-refractivity contribution is 6.25. The van der Waals surface area contributed by atoms with Crippen LogP contribution in [0.1, 0.15) is 0 Å². The summed E-state index contributed by atoms with van der Waals surface area (Å²) in [5, 5.41) is 7.32. The molecule has 0 saturated carbocycles. The van der Waals surface area contributed by atoms with Crippen molar-refractivity contribution in [3.8, 4) is 33.4 Å². The number of benzene rings is 7. The van der Waals surface area contributed by atoms with Crippen LogP contribution in [-0.4, -0.2) is 0 Å². The minimum atomic E-state index is 0.910. The molecule has 0 atom stereocenters. The largest absolute Gasteiger partial charge is 0.456 e. The Labute approximate surface area is 226 Å². The van der Waals surface area contributed by atoms with Gasteiger partial charge >= 0.3 is 0 Å². The highest BCUT2D eigenvalue weighted by Crippen LogP contribution is 2.49. The monoisotopic (exact) mass is 496 g/mol. The standard InChI is InChI=1S/C38H24O/c1-3-13-25(14-4-1)35-27-17-7-9-19-29(27)37(30-20-10-8-18-28(30)35)32-23-24-34-38(31-21-11-12-22-33(31)39-34)36(32)26-15-5-2-6-16-26/h1-24H. The van der Waals surface area contributed by atoms with E-state index < -0.39 is 0 Å². The molecule has 0 radical (unpaired) electrons. The molecule has 1 heterocycles. The number of para-hydroxylation sites is 1. The van der Waals surface area contributed by atoms with Gasteiger partial charge in [0.2, 0.25) is 0 Å². The van der Waals surface area contributed by atoms with E-state index in [4.69, 9.17) is 4.42 Å². The number of rotatable bonds is 3. The predicted octanol–water partition coefficient (Wildman–Crippen LogP) is 10.9. The number of hydrogen-bond donors (Lipinski definition) is 0. The van der Waals surface area contributed by atoms with E-state index in [1.165, 1.54) is 54.9 Å². The second kappa shape index (κ2) is 8.72. The van der Waals surface area contributed by atoms with Gasteiger partial charge in [-0.05, 0) is 67.6 Å². The van der Waals surface area contributed by atoms with E-state index in [2.05, 4.69) is 140 Å². The lowest BCUT2D eigenvalue weighted by atomic mass is 9.83. The Hall–Kier alpha value is -5.14. The van der Waals surface area contributed by atoms with Crippen molar-refractivity contribution in [2.24, 2.45) is 0 Å². The Morgan fingerprint density at radius 1 is 0.308 bits per heavy atom. The van der Waals surface area contributed by atoms with E-state index in [1.54, 1.807) is 0 Å². The fourth-order valence-electron chi connectivity index (χ4n) is 6.26. The van der Waals surface area contributed by atoms with Crippen LogP contribution in [0.25, 0.3) is 76.9 Å². The van der Waals surface area contributed by atoms with E-state index in [1.807, 2.05) is 6.07 Å². The maximum absolute atomic E-state index is 6.36. The quantitative estimate of drug-likeness (QED) is 0.222. The molecule has 1 heteroatoms. The van der Waals surface area contributed by atoms with Crippen molar-refractivity contribution in [1.29, 1.82) is 0 Å².